The highest BCUT2D eigenvalue weighted by molar-refractivity contribution is 8.09. The molecule has 0 aliphatic carbocycles. The van der Waals surface area contributed by atoms with Gasteiger partial charge in [-0.2, -0.15) is 24.4 Å². The first kappa shape index (κ1) is 15.8. The van der Waals surface area contributed by atoms with E-state index in [1.807, 2.05) is 30.5 Å². The fraction of sp³-hybridized carbons (Fsp3) is 0.462. The fourth-order valence-corrected chi connectivity index (χ4v) is 2.50. The van der Waals surface area contributed by atoms with Crippen LogP contribution in [0.25, 0.3) is 0 Å². The summed E-state index contributed by atoms with van der Waals surface area (Å²) in [7, 11) is 0. The van der Waals surface area contributed by atoms with Crippen molar-refractivity contribution in [2.45, 2.75) is 17.4 Å². The maximum Gasteiger partial charge on any atom is 0.224 e. The molecule has 1 rings (SSSR count). The predicted octanol–water partition coefficient (Wildman–Crippen LogP) is 4.06. The van der Waals surface area contributed by atoms with Crippen LogP contribution in [-0.4, -0.2) is 24.2 Å². The van der Waals surface area contributed by atoms with E-state index in [9.17, 15) is 4.79 Å². The standard InChI is InChI=1S/C13H19NOS3/c1-17-9-3-4-12(15)14-11-7-5-10(6-8-11)13(16)18-2/h5-8,13,16H,3-4,9H2,1-2H3,(H,14,15). The van der Waals surface area contributed by atoms with E-state index in [0.717, 1.165) is 23.4 Å². The maximum absolute atomic E-state index is 11.6. The Labute approximate surface area is 123 Å². The molecule has 0 fully saturated rings. The van der Waals surface area contributed by atoms with Crippen LogP contribution in [0.2, 0.25) is 0 Å². The maximum atomic E-state index is 11.6. The lowest BCUT2D eigenvalue weighted by molar-refractivity contribution is -0.116. The van der Waals surface area contributed by atoms with Crippen LogP contribution < -0.4 is 5.32 Å². The van der Waals surface area contributed by atoms with Crippen LogP contribution in [0.4, 0.5) is 5.69 Å². The Morgan fingerprint density at radius 3 is 2.56 bits per heavy atom. The summed E-state index contributed by atoms with van der Waals surface area (Å²) in [5, 5.41) is 2.91. The molecule has 2 nitrogen and oxygen atoms in total. The molecule has 0 aliphatic rings. The minimum absolute atomic E-state index is 0.0871. The first-order valence-corrected chi connectivity index (χ1v) is 8.96. The van der Waals surface area contributed by atoms with Crippen LogP contribution in [0, 0.1) is 0 Å². The fourth-order valence-electron chi connectivity index (χ4n) is 1.47. The second-order valence-corrected chi connectivity index (χ2v) is 6.65. The molecular formula is C13H19NOS3. The summed E-state index contributed by atoms with van der Waals surface area (Å²) in [6.07, 6.45) is 5.59. The Hall–Kier alpha value is -0.260. The normalized spacial score (nSPS) is 12.2. The van der Waals surface area contributed by atoms with Crippen molar-refractivity contribution >= 4 is 47.7 Å². The van der Waals surface area contributed by atoms with Gasteiger partial charge in [-0.3, -0.25) is 4.79 Å². The van der Waals surface area contributed by atoms with E-state index in [-0.39, 0.29) is 10.5 Å². The molecular weight excluding hydrogens is 282 g/mol. The summed E-state index contributed by atoms with van der Waals surface area (Å²) in [4.78, 5) is 11.6. The van der Waals surface area contributed by atoms with Gasteiger partial charge in [0.2, 0.25) is 5.91 Å². The number of nitrogens with one attached hydrogen (secondary N) is 1. The van der Waals surface area contributed by atoms with Gasteiger partial charge in [-0.05, 0) is 42.4 Å². The summed E-state index contributed by atoms with van der Waals surface area (Å²) in [6, 6.07) is 7.87. The smallest absolute Gasteiger partial charge is 0.224 e. The summed E-state index contributed by atoms with van der Waals surface area (Å²) < 4.78 is 0.191. The van der Waals surface area contributed by atoms with Crippen LogP contribution in [0.15, 0.2) is 24.3 Å². The molecule has 0 bridgehead atoms. The number of benzene rings is 1. The molecule has 1 aromatic carbocycles. The SMILES string of the molecule is CSCCCC(=O)Nc1ccc(C(S)SC)cc1. The summed E-state index contributed by atoms with van der Waals surface area (Å²) in [5.41, 5.74) is 2.01. The molecule has 0 spiro atoms. The second-order valence-electron chi connectivity index (χ2n) is 3.85. The number of thiol groups is 1. The average molecular weight is 302 g/mol. The minimum atomic E-state index is 0.0871. The third-order valence-corrected chi connectivity index (χ3v) is 4.80. The lowest BCUT2D eigenvalue weighted by Gasteiger charge is -2.09. The Balaban J connectivity index is 2.45. The molecule has 1 aromatic rings. The second kappa shape index (κ2) is 8.77. The molecule has 0 saturated carbocycles. The highest BCUT2D eigenvalue weighted by atomic mass is 32.2. The van der Waals surface area contributed by atoms with Crippen LogP contribution in [0.5, 0.6) is 0 Å². The Morgan fingerprint density at radius 1 is 1.33 bits per heavy atom. The van der Waals surface area contributed by atoms with E-state index in [2.05, 4.69) is 24.2 Å². The molecule has 0 saturated heterocycles. The van der Waals surface area contributed by atoms with Crippen molar-refractivity contribution in [1.29, 1.82) is 0 Å². The monoisotopic (exact) mass is 301 g/mol. The molecule has 0 aromatic heterocycles. The zero-order chi connectivity index (χ0) is 13.4. The molecule has 1 amide bonds. The van der Waals surface area contributed by atoms with Gasteiger partial charge >= 0.3 is 0 Å². The first-order valence-electron chi connectivity index (χ1n) is 5.77. The van der Waals surface area contributed by atoms with Crippen molar-refractivity contribution < 1.29 is 4.79 Å². The third-order valence-electron chi connectivity index (χ3n) is 2.46. The third kappa shape index (κ3) is 5.59. The van der Waals surface area contributed by atoms with Crippen molar-refractivity contribution in [2.24, 2.45) is 0 Å². The molecule has 0 aliphatic heterocycles. The molecule has 1 N–H and O–H groups in total. The quantitative estimate of drug-likeness (QED) is 0.452. The van der Waals surface area contributed by atoms with Gasteiger partial charge in [0.25, 0.3) is 0 Å². The number of carbonyl (C=O) groups is 1. The summed E-state index contributed by atoms with van der Waals surface area (Å²) >= 11 is 7.91. The number of rotatable bonds is 7. The molecule has 0 radical (unpaired) electrons. The van der Waals surface area contributed by atoms with Gasteiger partial charge < -0.3 is 5.32 Å². The Bertz CT molecular complexity index is 367. The van der Waals surface area contributed by atoms with E-state index >= 15 is 0 Å². The number of hydrogen-bond acceptors (Lipinski definition) is 4. The average Bonchev–Trinajstić information content (AvgIpc) is 2.39. The molecule has 18 heavy (non-hydrogen) atoms. The largest absolute Gasteiger partial charge is 0.326 e. The molecule has 100 valence electrons. The highest BCUT2D eigenvalue weighted by Gasteiger charge is 2.05. The highest BCUT2D eigenvalue weighted by Crippen LogP contribution is 2.30. The van der Waals surface area contributed by atoms with E-state index < -0.39 is 0 Å². The van der Waals surface area contributed by atoms with E-state index in [0.29, 0.717) is 6.42 Å². The van der Waals surface area contributed by atoms with Gasteiger partial charge in [0.15, 0.2) is 0 Å². The van der Waals surface area contributed by atoms with Gasteiger partial charge in [-0.15, -0.1) is 11.8 Å². The van der Waals surface area contributed by atoms with Crippen molar-refractivity contribution in [3.05, 3.63) is 29.8 Å². The van der Waals surface area contributed by atoms with E-state index in [4.69, 9.17) is 0 Å². The number of amides is 1. The first-order chi connectivity index (χ1) is 8.67. The number of thioether (sulfide) groups is 2. The van der Waals surface area contributed by atoms with Crippen molar-refractivity contribution in [1.82, 2.24) is 0 Å². The van der Waals surface area contributed by atoms with Gasteiger partial charge in [0.1, 0.15) is 0 Å². The van der Waals surface area contributed by atoms with Gasteiger partial charge in [-0.25, -0.2) is 0 Å². The van der Waals surface area contributed by atoms with Crippen molar-refractivity contribution in [3.63, 3.8) is 0 Å². The van der Waals surface area contributed by atoms with Crippen LogP contribution in [0.3, 0.4) is 0 Å². The molecule has 1 atom stereocenters. The number of anilines is 1. The van der Waals surface area contributed by atoms with Crippen molar-refractivity contribution in [2.75, 3.05) is 23.6 Å². The predicted molar refractivity (Wildman–Crippen MR) is 87.9 cm³/mol. The number of hydrogen-bond donors (Lipinski definition) is 2. The Kier molecular flexibility index (Phi) is 7.70. The van der Waals surface area contributed by atoms with Crippen LogP contribution in [-0.2, 0) is 4.79 Å². The lowest BCUT2D eigenvalue weighted by Crippen LogP contribution is -2.11. The van der Waals surface area contributed by atoms with Gasteiger partial charge in [-0.1, -0.05) is 12.1 Å². The molecule has 0 heterocycles. The zero-order valence-corrected chi connectivity index (χ0v) is 13.2. The number of carbonyl (C=O) groups excluding carboxylic acids is 1. The van der Waals surface area contributed by atoms with Gasteiger partial charge in [0.05, 0.1) is 4.58 Å². The minimum Gasteiger partial charge on any atom is -0.326 e. The molecule has 5 heteroatoms. The van der Waals surface area contributed by atoms with Crippen LogP contribution in [0.1, 0.15) is 23.0 Å². The van der Waals surface area contributed by atoms with Crippen LogP contribution >= 0.6 is 36.2 Å². The van der Waals surface area contributed by atoms with E-state index in [1.165, 1.54) is 0 Å². The molecule has 1 unspecified atom stereocenters. The van der Waals surface area contributed by atoms with Crippen molar-refractivity contribution in [3.8, 4) is 0 Å². The van der Waals surface area contributed by atoms with Gasteiger partial charge in [0, 0.05) is 12.1 Å². The van der Waals surface area contributed by atoms with E-state index in [1.54, 1.807) is 23.5 Å². The summed E-state index contributed by atoms with van der Waals surface area (Å²) in [6.45, 7) is 0. The lowest BCUT2D eigenvalue weighted by atomic mass is 10.2. The Morgan fingerprint density at radius 2 is 2.00 bits per heavy atom. The topological polar surface area (TPSA) is 29.1 Å². The summed E-state index contributed by atoms with van der Waals surface area (Å²) in [5.74, 6) is 1.12. The zero-order valence-electron chi connectivity index (χ0n) is 10.7.